The standard InChI is InChI=1S/C13H14F3NO4/c1-7(2)17-11(18)6-21-10-4-3-8(12(19)20)5-9(10)13(14,15)16/h3-5,7H,6H2,1-2H3,(H,17,18)(H,19,20). The molecule has 8 heteroatoms. The molecule has 5 nitrogen and oxygen atoms in total. The summed E-state index contributed by atoms with van der Waals surface area (Å²) in [7, 11) is 0. The van der Waals surface area contributed by atoms with Crippen LogP contribution in [0.15, 0.2) is 18.2 Å². The number of carboxylic acid groups (broad SMARTS) is 1. The van der Waals surface area contributed by atoms with Gasteiger partial charge in [-0.25, -0.2) is 4.79 Å². The van der Waals surface area contributed by atoms with Crippen LogP contribution >= 0.6 is 0 Å². The zero-order valence-electron chi connectivity index (χ0n) is 11.3. The van der Waals surface area contributed by atoms with Gasteiger partial charge in [0.15, 0.2) is 6.61 Å². The molecule has 1 aromatic rings. The van der Waals surface area contributed by atoms with Gasteiger partial charge in [-0.2, -0.15) is 13.2 Å². The highest BCUT2D eigenvalue weighted by Crippen LogP contribution is 2.36. The average molecular weight is 305 g/mol. The number of nitrogens with one attached hydrogen (secondary N) is 1. The highest BCUT2D eigenvalue weighted by Gasteiger charge is 2.35. The van der Waals surface area contributed by atoms with Crippen LogP contribution in [-0.4, -0.2) is 29.6 Å². The summed E-state index contributed by atoms with van der Waals surface area (Å²) in [5.74, 6) is -2.64. The van der Waals surface area contributed by atoms with E-state index in [9.17, 15) is 22.8 Å². The monoisotopic (exact) mass is 305 g/mol. The number of hydrogen-bond donors (Lipinski definition) is 2. The molecule has 21 heavy (non-hydrogen) atoms. The number of aromatic carboxylic acids is 1. The van der Waals surface area contributed by atoms with Gasteiger partial charge in [-0.3, -0.25) is 4.79 Å². The van der Waals surface area contributed by atoms with E-state index in [2.05, 4.69) is 5.32 Å². The second-order valence-corrected chi connectivity index (χ2v) is 4.52. The molecule has 0 aliphatic rings. The number of amides is 1. The molecule has 0 saturated carbocycles. The summed E-state index contributed by atoms with van der Waals surface area (Å²) in [6, 6.07) is 2.16. The third kappa shape index (κ3) is 4.97. The highest BCUT2D eigenvalue weighted by atomic mass is 19.4. The number of alkyl halides is 3. The van der Waals surface area contributed by atoms with Crippen LogP contribution in [0, 0.1) is 0 Å². The summed E-state index contributed by atoms with van der Waals surface area (Å²) in [5.41, 5.74) is -1.75. The van der Waals surface area contributed by atoms with Gasteiger partial charge in [0.05, 0.1) is 11.1 Å². The Morgan fingerprint density at radius 3 is 2.43 bits per heavy atom. The summed E-state index contributed by atoms with van der Waals surface area (Å²) in [5, 5.41) is 11.2. The minimum atomic E-state index is -4.78. The number of carboxylic acids is 1. The molecular weight excluding hydrogens is 291 g/mol. The van der Waals surface area contributed by atoms with Crippen LogP contribution < -0.4 is 10.1 Å². The summed E-state index contributed by atoms with van der Waals surface area (Å²) in [6.45, 7) is 2.80. The van der Waals surface area contributed by atoms with E-state index in [-0.39, 0.29) is 6.04 Å². The molecule has 0 aliphatic heterocycles. The maximum atomic E-state index is 12.9. The van der Waals surface area contributed by atoms with E-state index >= 15 is 0 Å². The Balaban J connectivity index is 2.96. The van der Waals surface area contributed by atoms with Crippen LogP contribution in [0.4, 0.5) is 13.2 Å². The number of hydrogen-bond acceptors (Lipinski definition) is 3. The fourth-order valence-corrected chi connectivity index (χ4v) is 1.52. The lowest BCUT2D eigenvalue weighted by molar-refractivity contribution is -0.139. The van der Waals surface area contributed by atoms with Crippen molar-refractivity contribution in [3.8, 4) is 5.75 Å². The average Bonchev–Trinajstić information content (AvgIpc) is 2.34. The lowest BCUT2D eigenvalue weighted by atomic mass is 10.1. The maximum absolute atomic E-state index is 12.9. The molecule has 1 rings (SSSR count). The molecule has 0 heterocycles. The van der Waals surface area contributed by atoms with Crippen molar-refractivity contribution in [3.05, 3.63) is 29.3 Å². The molecule has 0 aliphatic carbocycles. The van der Waals surface area contributed by atoms with E-state index in [0.717, 1.165) is 12.1 Å². The van der Waals surface area contributed by atoms with E-state index in [1.54, 1.807) is 13.8 Å². The zero-order valence-corrected chi connectivity index (χ0v) is 11.3. The fraction of sp³-hybridized carbons (Fsp3) is 0.385. The van der Waals surface area contributed by atoms with Gasteiger partial charge in [0.25, 0.3) is 5.91 Å². The summed E-state index contributed by atoms with van der Waals surface area (Å²) in [4.78, 5) is 22.1. The van der Waals surface area contributed by atoms with Crippen LogP contribution in [0.25, 0.3) is 0 Å². The van der Waals surface area contributed by atoms with Crippen LogP contribution in [0.1, 0.15) is 29.8 Å². The van der Waals surface area contributed by atoms with E-state index in [1.807, 2.05) is 0 Å². The van der Waals surface area contributed by atoms with Gasteiger partial charge in [-0.15, -0.1) is 0 Å². The van der Waals surface area contributed by atoms with Gasteiger partial charge in [0, 0.05) is 6.04 Å². The van der Waals surface area contributed by atoms with Crippen LogP contribution in [0.3, 0.4) is 0 Å². The van der Waals surface area contributed by atoms with Crippen molar-refractivity contribution < 1.29 is 32.6 Å². The smallest absolute Gasteiger partial charge is 0.419 e. The normalized spacial score (nSPS) is 11.3. The Labute approximate surface area is 118 Å². The van der Waals surface area contributed by atoms with E-state index in [1.165, 1.54) is 0 Å². The van der Waals surface area contributed by atoms with Gasteiger partial charge in [0.2, 0.25) is 0 Å². The molecule has 1 aromatic carbocycles. The van der Waals surface area contributed by atoms with Crippen molar-refractivity contribution in [2.75, 3.05) is 6.61 Å². The second-order valence-electron chi connectivity index (χ2n) is 4.52. The van der Waals surface area contributed by atoms with E-state index in [0.29, 0.717) is 6.07 Å². The highest BCUT2D eigenvalue weighted by molar-refractivity contribution is 5.88. The van der Waals surface area contributed by atoms with E-state index in [4.69, 9.17) is 9.84 Å². The van der Waals surface area contributed by atoms with Gasteiger partial charge in [0.1, 0.15) is 5.75 Å². The lowest BCUT2D eigenvalue weighted by Gasteiger charge is -2.15. The van der Waals surface area contributed by atoms with Crippen LogP contribution in [0.2, 0.25) is 0 Å². The van der Waals surface area contributed by atoms with Crippen molar-refractivity contribution in [3.63, 3.8) is 0 Å². The van der Waals surface area contributed by atoms with Crippen molar-refractivity contribution in [1.82, 2.24) is 5.32 Å². The molecule has 2 N–H and O–H groups in total. The first-order valence-corrected chi connectivity index (χ1v) is 5.98. The molecular formula is C13H14F3NO4. The number of ether oxygens (including phenoxy) is 1. The fourth-order valence-electron chi connectivity index (χ4n) is 1.52. The van der Waals surface area contributed by atoms with Gasteiger partial charge in [-0.05, 0) is 32.0 Å². The quantitative estimate of drug-likeness (QED) is 0.875. The molecule has 116 valence electrons. The molecule has 0 saturated heterocycles. The Morgan fingerprint density at radius 1 is 1.33 bits per heavy atom. The molecule has 0 bridgehead atoms. The number of rotatable bonds is 5. The molecule has 0 spiro atoms. The number of carbonyl (C=O) groups is 2. The van der Waals surface area contributed by atoms with E-state index < -0.39 is 41.5 Å². The Kier molecular flexibility index (Phi) is 5.17. The van der Waals surface area contributed by atoms with Gasteiger partial charge < -0.3 is 15.2 Å². The number of halogens is 3. The lowest BCUT2D eigenvalue weighted by Crippen LogP contribution is -2.34. The Bertz CT molecular complexity index is 541. The SMILES string of the molecule is CC(C)NC(=O)COc1ccc(C(=O)O)cc1C(F)(F)F. The second kappa shape index (κ2) is 6.47. The maximum Gasteiger partial charge on any atom is 0.419 e. The Morgan fingerprint density at radius 2 is 1.95 bits per heavy atom. The summed E-state index contributed by atoms with van der Waals surface area (Å²) in [6.07, 6.45) is -4.78. The zero-order chi connectivity index (χ0) is 16.2. The van der Waals surface area contributed by atoms with Crippen molar-refractivity contribution in [2.45, 2.75) is 26.1 Å². The largest absolute Gasteiger partial charge is 0.483 e. The minimum absolute atomic E-state index is 0.169. The third-order valence-corrected chi connectivity index (χ3v) is 2.34. The summed E-state index contributed by atoms with van der Waals surface area (Å²) < 4.78 is 43.4. The van der Waals surface area contributed by atoms with Crippen molar-refractivity contribution >= 4 is 11.9 Å². The molecule has 0 aromatic heterocycles. The molecule has 0 fully saturated rings. The Hall–Kier alpha value is -2.25. The molecule has 0 atom stereocenters. The third-order valence-electron chi connectivity index (χ3n) is 2.34. The molecule has 1 amide bonds. The van der Waals surface area contributed by atoms with Crippen molar-refractivity contribution in [2.24, 2.45) is 0 Å². The first-order chi connectivity index (χ1) is 9.61. The van der Waals surface area contributed by atoms with Gasteiger partial charge >= 0.3 is 12.1 Å². The predicted octanol–water partition coefficient (Wildman–Crippen LogP) is 2.31. The molecule has 0 unspecified atom stereocenters. The van der Waals surface area contributed by atoms with Crippen LogP contribution in [-0.2, 0) is 11.0 Å². The van der Waals surface area contributed by atoms with Gasteiger partial charge in [-0.1, -0.05) is 0 Å². The topological polar surface area (TPSA) is 75.6 Å². The first-order valence-electron chi connectivity index (χ1n) is 5.98. The summed E-state index contributed by atoms with van der Waals surface area (Å²) >= 11 is 0. The number of benzene rings is 1. The van der Waals surface area contributed by atoms with Crippen molar-refractivity contribution in [1.29, 1.82) is 0 Å². The minimum Gasteiger partial charge on any atom is -0.483 e. The number of carbonyl (C=O) groups excluding carboxylic acids is 1. The van der Waals surface area contributed by atoms with Crippen LogP contribution in [0.5, 0.6) is 5.75 Å². The first kappa shape index (κ1) is 16.8. The predicted molar refractivity (Wildman–Crippen MR) is 67.2 cm³/mol. The molecule has 0 radical (unpaired) electrons.